The second-order valence-corrected chi connectivity index (χ2v) is 7.75. The summed E-state index contributed by atoms with van der Waals surface area (Å²) in [6.07, 6.45) is 4.56. The van der Waals surface area contributed by atoms with E-state index in [0.29, 0.717) is 17.2 Å². The number of hydrogen-bond donors (Lipinski definition) is 1. The first-order valence-electron chi connectivity index (χ1n) is 7.69. The van der Waals surface area contributed by atoms with E-state index in [1.807, 2.05) is 31.2 Å². The SMILES string of the molecule is C[C@@H](Sc1nnc(-c2ccccc2Br)o1)C(=O)NC1CCCC1. The van der Waals surface area contributed by atoms with Gasteiger partial charge >= 0.3 is 0 Å². The number of thioether (sulfide) groups is 1. The summed E-state index contributed by atoms with van der Waals surface area (Å²) in [4.78, 5) is 12.2. The van der Waals surface area contributed by atoms with E-state index in [2.05, 4.69) is 31.4 Å². The van der Waals surface area contributed by atoms with Gasteiger partial charge in [-0.1, -0.05) is 36.7 Å². The predicted octanol–water partition coefficient (Wildman–Crippen LogP) is 4.04. The highest BCUT2D eigenvalue weighted by Crippen LogP contribution is 2.30. The molecule has 0 spiro atoms. The van der Waals surface area contributed by atoms with Crippen LogP contribution in [0.5, 0.6) is 0 Å². The number of nitrogens with one attached hydrogen (secondary N) is 1. The van der Waals surface area contributed by atoms with Crippen LogP contribution in [0.2, 0.25) is 0 Å². The third kappa shape index (κ3) is 4.14. The van der Waals surface area contributed by atoms with Crippen molar-refractivity contribution in [2.24, 2.45) is 0 Å². The molecule has 0 radical (unpaired) electrons. The molecule has 1 heterocycles. The summed E-state index contributed by atoms with van der Waals surface area (Å²) in [5.41, 5.74) is 0.843. The lowest BCUT2D eigenvalue weighted by atomic mass is 10.2. The summed E-state index contributed by atoms with van der Waals surface area (Å²) in [5, 5.41) is 11.3. The molecule has 1 atom stereocenters. The van der Waals surface area contributed by atoms with Crippen LogP contribution in [0.3, 0.4) is 0 Å². The molecule has 1 N–H and O–H groups in total. The fraction of sp³-hybridized carbons (Fsp3) is 0.438. The quantitative estimate of drug-likeness (QED) is 0.773. The molecule has 1 saturated carbocycles. The van der Waals surface area contributed by atoms with E-state index in [1.54, 1.807) is 0 Å². The van der Waals surface area contributed by atoms with Gasteiger partial charge in [-0.05, 0) is 47.8 Å². The first-order valence-corrected chi connectivity index (χ1v) is 9.36. The molecule has 0 saturated heterocycles. The molecule has 3 rings (SSSR count). The Morgan fingerprint density at radius 1 is 1.35 bits per heavy atom. The van der Waals surface area contributed by atoms with Crippen molar-refractivity contribution in [1.29, 1.82) is 0 Å². The van der Waals surface area contributed by atoms with E-state index in [0.717, 1.165) is 22.9 Å². The van der Waals surface area contributed by atoms with E-state index in [-0.39, 0.29) is 11.2 Å². The molecule has 1 amide bonds. The normalized spacial score (nSPS) is 16.4. The number of benzene rings is 1. The van der Waals surface area contributed by atoms with Crippen molar-refractivity contribution in [3.05, 3.63) is 28.7 Å². The van der Waals surface area contributed by atoms with Gasteiger partial charge < -0.3 is 9.73 Å². The lowest BCUT2D eigenvalue weighted by Gasteiger charge is -2.14. The van der Waals surface area contributed by atoms with Crippen LogP contribution in [0.15, 0.2) is 38.4 Å². The Hall–Kier alpha value is -1.34. The Morgan fingerprint density at radius 2 is 2.09 bits per heavy atom. The van der Waals surface area contributed by atoms with Crippen LogP contribution in [0.4, 0.5) is 0 Å². The lowest BCUT2D eigenvalue weighted by molar-refractivity contribution is -0.120. The van der Waals surface area contributed by atoms with Crippen LogP contribution >= 0.6 is 27.7 Å². The van der Waals surface area contributed by atoms with E-state index < -0.39 is 0 Å². The molecule has 1 aliphatic rings. The van der Waals surface area contributed by atoms with Gasteiger partial charge in [0.2, 0.25) is 11.8 Å². The summed E-state index contributed by atoms with van der Waals surface area (Å²) >= 11 is 4.76. The number of aromatic nitrogens is 2. The first-order chi connectivity index (χ1) is 11.1. The van der Waals surface area contributed by atoms with Crippen LogP contribution in [0.25, 0.3) is 11.5 Å². The van der Waals surface area contributed by atoms with E-state index in [4.69, 9.17) is 4.42 Å². The van der Waals surface area contributed by atoms with Crippen molar-refractivity contribution >= 4 is 33.6 Å². The minimum atomic E-state index is -0.261. The second-order valence-electron chi connectivity index (χ2n) is 5.60. The fourth-order valence-electron chi connectivity index (χ4n) is 2.59. The zero-order chi connectivity index (χ0) is 16.2. The van der Waals surface area contributed by atoms with Crippen molar-refractivity contribution in [3.63, 3.8) is 0 Å². The molecule has 0 bridgehead atoms. The standard InChI is InChI=1S/C16H18BrN3O2S/c1-10(14(21)18-11-6-2-3-7-11)23-16-20-19-15(22-16)12-8-4-5-9-13(12)17/h4-5,8-11H,2-3,6-7H2,1H3,(H,18,21)/t10-/m1/s1. The summed E-state index contributed by atoms with van der Waals surface area (Å²) in [7, 11) is 0. The van der Waals surface area contributed by atoms with Crippen LogP contribution in [0, 0.1) is 0 Å². The third-order valence-electron chi connectivity index (χ3n) is 3.86. The molecule has 0 unspecified atom stereocenters. The maximum Gasteiger partial charge on any atom is 0.277 e. The second kappa shape index (κ2) is 7.49. The smallest absolute Gasteiger partial charge is 0.277 e. The van der Waals surface area contributed by atoms with Gasteiger partial charge in [-0.2, -0.15) is 0 Å². The number of nitrogens with zero attached hydrogens (tertiary/aromatic N) is 2. The Balaban J connectivity index is 1.62. The molecule has 1 fully saturated rings. The van der Waals surface area contributed by atoms with Crippen LogP contribution in [-0.2, 0) is 4.79 Å². The van der Waals surface area contributed by atoms with Crippen molar-refractivity contribution in [3.8, 4) is 11.5 Å². The summed E-state index contributed by atoms with van der Waals surface area (Å²) in [6.45, 7) is 1.86. The molecule has 1 aromatic heterocycles. The molecule has 1 aliphatic carbocycles. The number of carbonyl (C=O) groups is 1. The Morgan fingerprint density at radius 3 is 2.83 bits per heavy atom. The van der Waals surface area contributed by atoms with Crippen molar-refractivity contribution in [2.45, 2.75) is 49.1 Å². The highest BCUT2D eigenvalue weighted by atomic mass is 79.9. The number of halogens is 1. The molecule has 2 aromatic rings. The molecule has 0 aliphatic heterocycles. The number of amides is 1. The molecule has 7 heteroatoms. The van der Waals surface area contributed by atoms with Gasteiger partial charge in [-0.3, -0.25) is 4.79 Å². The average Bonchev–Trinajstić information content (AvgIpc) is 3.19. The lowest BCUT2D eigenvalue weighted by Crippen LogP contribution is -2.37. The zero-order valence-corrected chi connectivity index (χ0v) is 15.2. The maximum absolute atomic E-state index is 12.2. The number of carbonyl (C=O) groups excluding carboxylic acids is 1. The summed E-state index contributed by atoms with van der Waals surface area (Å²) < 4.78 is 6.57. The van der Waals surface area contributed by atoms with Crippen molar-refractivity contribution in [1.82, 2.24) is 15.5 Å². The van der Waals surface area contributed by atoms with Crippen LogP contribution < -0.4 is 5.32 Å². The van der Waals surface area contributed by atoms with Crippen molar-refractivity contribution < 1.29 is 9.21 Å². The van der Waals surface area contributed by atoms with E-state index in [9.17, 15) is 4.79 Å². The van der Waals surface area contributed by atoms with E-state index >= 15 is 0 Å². The Labute approximate surface area is 147 Å². The van der Waals surface area contributed by atoms with Gasteiger partial charge in [-0.25, -0.2) is 0 Å². The largest absolute Gasteiger partial charge is 0.411 e. The summed E-state index contributed by atoms with van der Waals surface area (Å²) in [5.74, 6) is 0.478. The van der Waals surface area contributed by atoms with Crippen LogP contribution in [0.1, 0.15) is 32.6 Å². The van der Waals surface area contributed by atoms with Crippen LogP contribution in [-0.4, -0.2) is 27.4 Å². The molecular weight excluding hydrogens is 378 g/mol. The van der Waals surface area contributed by atoms with Crippen molar-refractivity contribution in [2.75, 3.05) is 0 Å². The Kier molecular flexibility index (Phi) is 5.38. The van der Waals surface area contributed by atoms with E-state index in [1.165, 1.54) is 24.6 Å². The van der Waals surface area contributed by atoms with Gasteiger partial charge in [0.25, 0.3) is 5.22 Å². The highest BCUT2D eigenvalue weighted by molar-refractivity contribution is 9.10. The van der Waals surface area contributed by atoms with Gasteiger partial charge in [0, 0.05) is 10.5 Å². The summed E-state index contributed by atoms with van der Waals surface area (Å²) in [6, 6.07) is 7.99. The van der Waals surface area contributed by atoms with Gasteiger partial charge in [0.15, 0.2) is 0 Å². The van der Waals surface area contributed by atoms with Gasteiger partial charge in [0.1, 0.15) is 0 Å². The zero-order valence-electron chi connectivity index (χ0n) is 12.8. The molecule has 1 aromatic carbocycles. The molecule has 122 valence electrons. The van der Waals surface area contributed by atoms with Gasteiger partial charge in [0.05, 0.1) is 10.8 Å². The maximum atomic E-state index is 12.2. The Bertz CT molecular complexity index is 685. The minimum Gasteiger partial charge on any atom is -0.411 e. The highest BCUT2D eigenvalue weighted by Gasteiger charge is 2.23. The monoisotopic (exact) mass is 395 g/mol. The number of hydrogen-bond acceptors (Lipinski definition) is 5. The predicted molar refractivity (Wildman–Crippen MR) is 93.2 cm³/mol. The average molecular weight is 396 g/mol. The number of rotatable bonds is 5. The molecule has 5 nitrogen and oxygen atoms in total. The third-order valence-corrected chi connectivity index (χ3v) is 5.48. The fourth-order valence-corrected chi connectivity index (χ4v) is 3.74. The topological polar surface area (TPSA) is 68.0 Å². The first kappa shape index (κ1) is 16.5. The van der Waals surface area contributed by atoms with Gasteiger partial charge in [-0.15, -0.1) is 10.2 Å². The minimum absolute atomic E-state index is 0.0301. The molecular formula is C16H18BrN3O2S. The molecule has 23 heavy (non-hydrogen) atoms.